The topological polar surface area (TPSA) is 29.5 Å². The zero-order chi connectivity index (χ0) is 16.4. The summed E-state index contributed by atoms with van der Waals surface area (Å²) in [5.74, 6) is 0.672. The Bertz CT molecular complexity index is 814. The molecule has 1 fully saturated rings. The van der Waals surface area contributed by atoms with Gasteiger partial charge in [-0.3, -0.25) is 9.69 Å². The van der Waals surface area contributed by atoms with Gasteiger partial charge in [0.15, 0.2) is 4.32 Å². The number of amides is 1. The Balaban J connectivity index is 1.95. The van der Waals surface area contributed by atoms with Gasteiger partial charge in [0.1, 0.15) is 5.75 Å². The molecule has 1 heterocycles. The summed E-state index contributed by atoms with van der Waals surface area (Å²) in [5, 5.41) is 0. The maximum Gasteiger partial charge on any atom is 0.270 e. The number of thiocarbonyl (C=S) groups is 1. The molecule has 1 aliphatic rings. The zero-order valence-electron chi connectivity index (χ0n) is 12.8. The van der Waals surface area contributed by atoms with Crippen LogP contribution in [0, 0.1) is 6.92 Å². The molecule has 0 unspecified atom stereocenters. The van der Waals surface area contributed by atoms with Gasteiger partial charge >= 0.3 is 0 Å². The monoisotopic (exact) mass is 341 g/mol. The molecule has 23 heavy (non-hydrogen) atoms. The van der Waals surface area contributed by atoms with Gasteiger partial charge < -0.3 is 4.74 Å². The number of para-hydroxylation sites is 1. The predicted molar refractivity (Wildman–Crippen MR) is 99.8 cm³/mol. The van der Waals surface area contributed by atoms with Crippen molar-refractivity contribution in [1.29, 1.82) is 0 Å². The molecule has 5 heteroatoms. The third kappa shape index (κ3) is 3.16. The van der Waals surface area contributed by atoms with Gasteiger partial charge in [0.05, 0.1) is 17.7 Å². The van der Waals surface area contributed by atoms with Gasteiger partial charge in [0.25, 0.3) is 5.91 Å². The van der Waals surface area contributed by atoms with Gasteiger partial charge in [-0.25, -0.2) is 0 Å². The van der Waals surface area contributed by atoms with Crippen LogP contribution in [0.15, 0.2) is 53.4 Å². The number of carbonyl (C=O) groups excluding carboxylic acids is 1. The number of nitrogens with zero attached hydrogens (tertiary/aromatic N) is 1. The zero-order valence-corrected chi connectivity index (χ0v) is 14.4. The lowest BCUT2D eigenvalue weighted by Gasteiger charge is -2.16. The molecule has 2 aromatic carbocycles. The fraction of sp³-hybridized carbons (Fsp3) is 0.111. The van der Waals surface area contributed by atoms with E-state index in [1.807, 2.05) is 61.5 Å². The highest BCUT2D eigenvalue weighted by Crippen LogP contribution is 2.37. The highest BCUT2D eigenvalue weighted by molar-refractivity contribution is 8.27. The summed E-state index contributed by atoms with van der Waals surface area (Å²) in [7, 11) is 1.62. The number of methoxy groups -OCH3 is 1. The Labute approximate surface area is 144 Å². The van der Waals surface area contributed by atoms with Crippen molar-refractivity contribution >= 4 is 46.0 Å². The summed E-state index contributed by atoms with van der Waals surface area (Å²) in [6.45, 7) is 1.97. The van der Waals surface area contributed by atoms with Crippen LogP contribution in [-0.4, -0.2) is 17.3 Å². The third-order valence-corrected chi connectivity index (χ3v) is 4.84. The van der Waals surface area contributed by atoms with E-state index in [1.165, 1.54) is 11.8 Å². The van der Waals surface area contributed by atoms with Gasteiger partial charge in [-0.1, -0.05) is 54.3 Å². The Morgan fingerprint density at radius 2 is 1.96 bits per heavy atom. The van der Waals surface area contributed by atoms with Gasteiger partial charge in [0, 0.05) is 0 Å². The van der Waals surface area contributed by atoms with Crippen molar-refractivity contribution in [3.63, 3.8) is 0 Å². The summed E-state index contributed by atoms with van der Waals surface area (Å²) in [6, 6.07) is 15.3. The minimum atomic E-state index is -0.0860. The van der Waals surface area contributed by atoms with E-state index in [2.05, 4.69) is 0 Å². The molecule has 1 saturated heterocycles. The van der Waals surface area contributed by atoms with Gasteiger partial charge in [-0.15, -0.1) is 0 Å². The summed E-state index contributed by atoms with van der Waals surface area (Å²) >= 11 is 6.73. The molecule has 3 nitrogen and oxygen atoms in total. The van der Waals surface area contributed by atoms with E-state index in [0.717, 1.165) is 22.6 Å². The number of benzene rings is 2. The van der Waals surface area contributed by atoms with Crippen LogP contribution in [0.4, 0.5) is 5.69 Å². The van der Waals surface area contributed by atoms with E-state index < -0.39 is 0 Å². The second kappa shape index (κ2) is 6.56. The van der Waals surface area contributed by atoms with E-state index >= 15 is 0 Å². The first-order valence-electron chi connectivity index (χ1n) is 7.08. The third-order valence-electron chi connectivity index (χ3n) is 3.54. The molecule has 0 N–H and O–H groups in total. The Hall–Kier alpha value is -2.11. The average Bonchev–Trinajstić information content (AvgIpc) is 2.82. The number of carbonyl (C=O) groups is 1. The van der Waals surface area contributed by atoms with E-state index in [-0.39, 0.29) is 5.91 Å². The standard InChI is InChI=1S/C18H15NO2S2/c1-12-6-3-4-9-15(12)19-17(20)16(23-18(19)22)11-13-7-5-8-14(10-13)21-2/h3-11H,1-2H3/b16-11-. The Kier molecular flexibility index (Phi) is 4.50. The normalized spacial score (nSPS) is 16.3. The molecule has 0 atom stereocenters. The summed E-state index contributed by atoms with van der Waals surface area (Å²) < 4.78 is 5.77. The van der Waals surface area contributed by atoms with E-state index in [4.69, 9.17) is 17.0 Å². The molecule has 0 radical (unpaired) electrons. The number of aryl methyl sites for hydroxylation is 1. The molecular formula is C18H15NO2S2. The fourth-order valence-electron chi connectivity index (χ4n) is 2.37. The SMILES string of the molecule is COc1cccc(/C=C2\SC(=S)N(c3ccccc3C)C2=O)c1. The van der Waals surface area contributed by atoms with Crippen molar-refractivity contribution < 1.29 is 9.53 Å². The van der Waals surface area contributed by atoms with Gasteiger partial charge in [-0.05, 0) is 42.3 Å². The van der Waals surface area contributed by atoms with Crippen molar-refractivity contribution in [1.82, 2.24) is 0 Å². The Morgan fingerprint density at radius 3 is 2.70 bits per heavy atom. The first-order valence-corrected chi connectivity index (χ1v) is 8.30. The fourth-order valence-corrected chi connectivity index (χ4v) is 3.66. The summed E-state index contributed by atoms with van der Waals surface area (Å²) in [6.07, 6.45) is 1.85. The Morgan fingerprint density at radius 1 is 1.17 bits per heavy atom. The van der Waals surface area contributed by atoms with E-state index in [9.17, 15) is 4.79 Å². The van der Waals surface area contributed by atoms with Gasteiger partial charge in [-0.2, -0.15) is 0 Å². The summed E-state index contributed by atoms with van der Waals surface area (Å²) in [4.78, 5) is 15.0. The molecule has 116 valence electrons. The highest BCUT2D eigenvalue weighted by Gasteiger charge is 2.33. The molecular weight excluding hydrogens is 326 g/mol. The van der Waals surface area contributed by atoms with Crippen LogP contribution in [0.5, 0.6) is 5.75 Å². The molecule has 3 rings (SSSR count). The number of hydrogen-bond acceptors (Lipinski definition) is 4. The van der Waals surface area contributed by atoms with Crippen molar-refractivity contribution in [2.45, 2.75) is 6.92 Å². The van der Waals surface area contributed by atoms with Gasteiger partial charge in [0.2, 0.25) is 0 Å². The van der Waals surface area contributed by atoms with E-state index in [1.54, 1.807) is 12.0 Å². The van der Waals surface area contributed by atoms with Crippen molar-refractivity contribution in [3.05, 3.63) is 64.6 Å². The molecule has 0 aliphatic carbocycles. The number of ether oxygens (including phenoxy) is 1. The highest BCUT2D eigenvalue weighted by atomic mass is 32.2. The first kappa shape index (κ1) is 15.8. The lowest BCUT2D eigenvalue weighted by molar-refractivity contribution is -0.113. The van der Waals surface area contributed by atoms with Crippen molar-refractivity contribution in [2.24, 2.45) is 0 Å². The molecule has 1 amide bonds. The largest absolute Gasteiger partial charge is 0.497 e. The molecule has 0 aromatic heterocycles. The maximum atomic E-state index is 12.7. The van der Waals surface area contributed by atoms with Crippen molar-refractivity contribution in [2.75, 3.05) is 12.0 Å². The molecule has 0 saturated carbocycles. The van der Waals surface area contributed by atoms with Crippen molar-refractivity contribution in [3.8, 4) is 5.75 Å². The van der Waals surface area contributed by atoms with Crippen LogP contribution in [0.1, 0.15) is 11.1 Å². The molecule has 1 aliphatic heterocycles. The van der Waals surface area contributed by atoms with Crippen LogP contribution in [0.2, 0.25) is 0 Å². The predicted octanol–water partition coefficient (Wildman–Crippen LogP) is 4.41. The summed E-state index contributed by atoms with van der Waals surface area (Å²) in [5.41, 5.74) is 2.77. The molecule has 0 bridgehead atoms. The van der Waals surface area contributed by atoms with Crippen LogP contribution in [0.3, 0.4) is 0 Å². The minimum absolute atomic E-state index is 0.0860. The first-order chi connectivity index (χ1) is 11.1. The maximum absolute atomic E-state index is 12.7. The van der Waals surface area contributed by atoms with E-state index in [0.29, 0.717) is 9.23 Å². The smallest absolute Gasteiger partial charge is 0.270 e. The minimum Gasteiger partial charge on any atom is -0.497 e. The average molecular weight is 341 g/mol. The number of anilines is 1. The lowest BCUT2D eigenvalue weighted by atomic mass is 10.1. The van der Waals surface area contributed by atoms with Crippen LogP contribution < -0.4 is 9.64 Å². The quantitative estimate of drug-likeness (QED) is 0.611. The second-order valence-electron chi connectivity index (χ2n) is 5.08. The number of thioether (sulfide) groups is 1. The molecule has 0 spiro atoms. The van der Waals surface area contributed by atoms with Crippen LogP contribution in [0.25, 0.3) is 6.08 Å². The second-order valence-corrected chi connectivity index (χ2v) is 6.76. The number of rotatable bonds is 3. The number of hydrogen-bond donors (Lipinski definition) is 0. The van der Waals surface area contributed by atoms with Crippen LogP contribution >= 0.6 is 24.0 Å². The lowest BCUT2D eigenvalue weighted by Crippen LogP contribution is -2.28. The van der Waals surface area contributed by atoms with Crippen LogP contribution in [-0.2, 0) is 4.79 Å². The molecule has 2 aromatic rings.